The molecule has 1 heterocycles. The number of unbranched alkanes of at least 4 members (excludes halogenated alkanes) is 3. The molecule has 1 aromatic rings. The summed E-state index contributed by atoms with van der Waals surface area (Å²) in [6.07, 6.45) is 8.48. The Bertz CT molecular complexity index is 321. The van der Waals surface area contributed by atoms with E-state index in [1.807, 2.05) is 20.0 Å². The van der Waals surface area contributed by atoms with Gasteiger partial charge in [-0.25, -0.2) is 0 Å². The number of aromatic nitrogens is 2. The van der Waals surface area contributed by atoms with Gasteiger partial charge in [-0.1, -0.05) is 39.5 Å². The minimum absolute atomic E-state index is 0.545. The zero-order chi connectivity index (χ0) is 12.0. The van der Waals surface area contributed by atoms with Crippen molar-refractivity contribution in [3.63, 3.8) is 0 Å². The van der Waals surface area contributed by atoms with Crippen molar-refractivity contribution in [2.45, 2.75) is 65.7 Å². The highest BCUT2D eigenvalue weighted by Gasteiger charge is 2.08. The highest BCUT2D eigenvalue weighted by atomic mass is 14.8. The maximum atomic E-state index is 4.61. The van der Waals surface area contributed by atoms with Crippen LogP contribution >= 0.6 is 0 Å². The van der Waals surface area contributed by atoms with Gasteiger partial charge >= 0.3 is 0 Å². The molecule has 0 bridgehead atoms. The summed E-state index contributed by atoms with van der Waals surface area (Å²) in [7, 11) is 0. The predicted molar refractivity (Wildman–Crippen MR) is 68.7 cm³/mol. The lowest BCUT2D eigenvalue weighted by molar-refractivity contribution is 0.569. The minimum Gasteiger partial charge on any atom is -0.258 e. The van der Waals surface area contributed by atoms with Gasteiger partial charge in [-0.2, -0.15) is 0 Å². The Hall–Kier alpha value is -0.920. The van der Waals surface area contributed by atoms with E-state index in [9.17, 15) is 0 Å². The van der Waals surface area contributed by atoms with Crippen molar-refractivity contribution in [3.05, 3.63) is 23.3 Å². The lowest BCUT2D eigenvalue weighted by Gasteiger charge is -2.11. The molecule has 0 saturated heterocycles. The summed E-state index contributed by atoms with van der Waals surface area (Å²) in [5.74, 6) is 0.545. The van der Waals surface area contributed by atoms with Crippen LogP contribution in [0.2, 0.25) is 0 Å². The van der Waals surface area contributed by atoms with Crippen LogP contribution in [0, 0.1) is 13.8 Å². The SMILES string of the molecule is CCCCCCC(C)c1cnc(C)c(C)n1. The lowest BCUT2D eigenvalue weighted by Crippen LogP contribution is -2.02. The Morgan fingerprint density at radius 2 is 1.88 bits per heavy atom. The topological polar surface area (TPSA) is 25.8 Å². The fraction of sp³-hybridized carbons (Fsp3) is 0.714. The van der Waals surface area contributed by atoms with Crippen molar-refractivity contribution in [3.8, 4) is 0 Å². The second-order valence-electron chi connectivity index (χ2n) is 4.72. The molecule has 0 aliphatic heterocycles. The molecule has 0 N–H and O–H groups in total. The van der Waals surface area contributed by atoms with Crippen molar-refractivity contribution in [1.29, 1.82) is 0 Å². The maximum absolute atomic E-state index is 4.61. The maximum Gasteiger partial charge on any atom is 0.0618 e. The first-order valence-corrected chi connectivity index (χ1v) is 6.45. The number of rotatable bonds is 6. The molecule has 16 heavy (non-hydrogen) atoms. The summed E-state index contributed by atoms with van der Waals surface area (Å²) in [6.45, 7) is 8.55. The molecule has 0 aliphatic rings. The van der Waals surface area contributed by atoms with Crippen LogP contribution in [0.1, 0.15) is 69.0 Å². The summed E-state index contributed by atoms with van der Waals surface area (Å²) in [5, 5.41) is 0. The third-order valence-electron chi connectivity index (χ3n) is 3.21. The average molecular weight is 220 g/mol. The Labute approximate surface area is 99.5 Å². The van der Waals surface area contributed by atoms with Crippen molar-refractivity contribution < 1.29 is 0 Å². The summed E-state index contributed by atoms with van der Waals surface area (Å²) >= 11 is 0. The molecule has 0 fully saturated rings. The first-order chi connectivity index (χ1) is 7.65. The van der Waals surface area contributed by atoms with Gasteiger partial charge < -0.3 is 0 Å². The van der Waals surface area contributed by atoms with E-state index in [0.717, 1.165) is 17.1 Å². The molecule has 1 rings (SSSR count). The van der Waals surface area contributed by atoms with Gasteiger partial charge in [0.15, 0.2) is 0 Å². The standard InChI is InChI=1S/C14H24N2/c1-5-6-7-8-9-11(2)14-10-15-12(3)13(4)16-14/h10-11H,5-9H2,1-4H3. The van der Waals surface area contributed by atoms with E-state index in [4.69, 9.17) is 0 Å². The van der Waals surface area contributed by atoms with Crippen LogP contribution in [-0.4, -0.2) is 9.97 Å². The van der Waals surface area contributed by atoms with Gasteiger partial charge in [0.1, 0.15) is 0 Å². The van der Waals surface area contributed by atoms with E-state index in [2.05, 4.69) is 23.8 Å². The Balaban J connectivity index is 2.46. The summed E-state index contributed by atoms with van der Waals surface area (Å²) < 4.78 is 0. The molecule has 0 amide bonds. The average Bonchev–Trinajstić information content (AvgIpc) is 2.28. The van der Waals surface area contributed by atoms with E-state index < -0.39 is 0 Å². The van der Waals surface area contributed by atoms with E-state index in [1.165, 1.54) is 32.1 Å². The summed E-state index contributed by atoms with van der Waals surface area (Å²) in [6, 6.07) is 0. The molecular formula is C14H24N2. The number of hydrogen-bond donors (Lipinski definition) is 0. The van der Waals surface area contributed by atoms with E-state index in [0.29, 0.717) is 5.92 Å². The summed E-state index contributed by atoms with van der Waals surface area (Å²) in [4.78, 5) is 8.99. The Morgan fingerprint density at radius 3 is 2.50 bits per heavy atom. The third kappa shape index (κ3) is 3.92. The molecule has 2 heteroatoms. The largest absolute Gasteiger partial charge is 0.258 e. The van der Waals surface area contributed by atoms with E-state index >= 15 is 0 Å². The molecular weight excluding hydrogens is 196 g/mol. The minimum atomic E-state index is 0.545. The van der Waals surface area contributed by atoms with Crippen LogP contribution in [0.15, 0.2) is 6.20 Å². The predicted octanol–water partition coefficient (Wildman–Crippen LogP) is 4.17. The molecule has 0 aromatic carbocycles. The van der Waals surface area contributed by atoms with Crippen LogP contribution in [0.25, 0.3) is 0 Å². The fourth-order valence-electron chi connectivity index (χ4n) is 1.82. The van der Waals surface area contributed by atoms with Crippen LogP contribution < -0.4 is 0 Å². The number of hydrogen-bond acceptors (Lipinski definition) is 2. The zero-order valence-electron chi connectivity index (χ0n) is 11.1. The molecule has 0 radical (unpaired) electrons. The van der Waals surface area contributed by atoms with Crippen LogP contribution in [0.5, 0.6) is 0 Å². The molecule has 0 spiro atoms. The molecule has 2 nitrogen and oxygen atoms in total. The Morgan fingerprint density at radius 1 is 1.12 bits per heavy atom. The van der Waals surface area contributed by atoms with Gasteiger partial charge in [0, 0.05) is 6.20 Å². The first kappa shape index (κ1) is 13.1. The van der Waals surface area contributed by atoms with Crippen molar-refractivity contribution >= 4 is 0 Å². The zero-order valence-corrected chi connectivity index (χ0v) is 11.1. The monoisotopic (exact) mass is 220 g/mol. The highest BCUT2D eigenvalue weighted by Crippen LogP contribution is 2.20. The first-order valence-electron chi connectivity index (χ1n) is 6.45. The van der Waals surface area contributed by atoms with Crippen molar-refractivity contribution in [2.24, 2.45) is 0 Å². The smallest absolute Gasteiger partial charge is 0.0618 e. The van der Waals surface area contributed by atoms with Gasteiger partial charge in [-0.05, 0) is 26.2 Å². The molecule has 90 valence electrons. The lowest BCUT2D eigenvalue weighted by atomic mass is 9.99. The van der Waals surface area contributed by atoms with Gasteiger partial charge in [0.25, 0.3) is 0 Å². The highest BCUT2D eigenvalue weighted by molar-refractivity contribution is 5.13. The van der Waals surface area contributed by atoms with Gasteiger partial charge in [-0.3, -0.25) is 9.97 Å². The van der Waals surface area contributed by atoms with Crippen molar-refractivity contribution in [1.82, 2.24) is 9.97 Å². The third-order valence-corrected chi connectivity index (χ3v) is 3.21. The summed E-state index contributed by atoms with van der Waals surface area (Å²) in [5.41, 5.74) is 3.26. The van der Waals surface area contributed by atoms with Crippen molar-refractivity contribution in [2.75, 3.05) is 0 Å². The van der Waals surface area contributed by atoms with Gasteiger partial charge in [-0.15, -0.1) is 0 Å². The van der Waals surface area contributed by atoms with Crippen LogP contribution in [0.4, 0.5) is 0 Å². The quantitative estimate of drug-likeness (QED) is 0.672. The molecule has 1 aromatic heterocycles. The normalized spacial score (nSPS) is 12.8. The van der Waals surface area contributed by atoms with Crippen LogP contribution in [0.3, 0.4) is 0 Å². The second kappa shape index (κ2) is 6.62. The van der Waals surface area contributed by atoms with E-state index in [-0.39, 0.29) is 0 Å². The van der Waals surface area contributed by atoms with Gasteiger partial charge in [0.2, 0.25) is 0 Å². The molecule has 1 atom stereocenters. The van der Waals surface area contributed by atoms with E-state index in [1.54, 1.807) is 0 Å². The molecule has 0 aliphatic carbocycles. The van der Waals surface area contributed by atoms with Gasteiger partial charge in [0.05, 0.1) is 17.1 Å². The molecule has 0 saturated carbocycles. The fourth-order valence-corrected chi connectivity index (χ4v) is 1.82. The number of nitrogens with zero attached hydrogens (tertiary/aromatic N) is 2. The van der Waals surface area contributed by atoms with Crippen LogP contribution in [-0.2, 0) is 0 Å². The number of aryl methyl sites for hydroxylation is 2. The molecule has 1 unspecified atom stereocenters. The Kier molecular flexibility index (Phi) is 5.44. The second-order valence-corrected chi connectivity index (χ2v) is 4.72.